The molecule has 6 heteroatoms. The van der Waals surface area contributed by atoms with Crippen LogP contribution in [-0.4, -0.2) is 32.5 Å². The molecule has 3 aromatic carbocycles. The second kappa shape index (κ2) is 12.2. The molecule has 0 aliphatic heterocycles. The lowest BCUT2D eigenvalue weighted by atomic mass is 10.1. The van der Waals surface area contributed by atoms with E-state index in [1.165, 1.54) is 0 Å². The van der Waals surface area contributed by atoms with Gasteiger partial charge in [-0.3, -0.25) is 9.79 Å². The second-order valence-corrected chi connectivity index (χ2v) is 7.30. The molecule has 166 valence electrons. The minimum absolute atomic E-state index is 0.0753. The Hall–Kier alpha value is -3.80. The van der Waals surface area contributed by atoms with Crippen LogP contribution in [-0.2, 0) is 19.6 Å². The average Bonchev–Trinajstić information content (AvgIpc) is 2.85. The van der Waals surface area contributed by atoms with Crippen molar-refractivity contribution in [3.05, 3.63) is 101 Å². The van der Waals surface area contributed by atoms with Crippen LogP contribution in [0.1, 0.15) is 27.0 Å². The van der Waals surface area contributed by atoms with Gasteiger partial charge in [-0.2, -0.15) is 0 Å². The number of hydrogen-bond acceptors (Lipinski definition) is 3. The lowest BCUT2D eigenvalue weighted by Gasteiger charge is -2.13. The van der Waals surface area contributed by atoms with E-state index in [9.17, 15) is 4.79 Å². The molecule has 0 saturated heterocycles. The predicted molar refractivity (Wildman–Crippen MR) is 129 cm³/mol. The second-order valence-electron chi connectivity index (χ2n) is 7.30. The smallest absolute Gasteiger partial charge is 0.251 e. The van der Waals surface area contributed by atoms with Crippen LogP contribution in [0.15, 0.2) is 83.9 Å². The fourth-order valence-electron chi connectivity index (χ4n) is 3.26. The van der Waals surface area contributed by atoms with Gasteiger partial charge >= 0.3 is 0 Å². The van der Waals surface area contributed by atoms with Gasteiger partial charge in [0.15, 0.2) is 5.96 Å². The Morgan fingerprint density at radius 1 is 0.875 bits per heavy atom. The van der Waals surface area contributed by atoms with Crippen molar-refractivity contribution in [2.75, 3.05) is 20.6 Å². The van der Waals surface area contributed by atoms with Gasteiger partial charge < -0.3 is 20.7 Å². The van der Waals surface area contributed by atoms with Gasteiger partial charge in [0, 0.05) is 32.7 Å². The van der Waals surface area contributed by atoms with Gasteiger partial charge in [-0.1, -0.05) is 54.6 Å². The van der Waals surface area contributed by atoms with E-state index in [0.29, 0.717) is 25.3 Å². The third kappa shape index (κ3) is 7.16. The monoisotopic (exact) mass is 430 g/mol. The van der Waals surface area contributed by atoms with Crippen LogP contribution >= 0.6 is 0 Å². The van der Waals surface area contributed by atoms with Gasteiger partial charge in [-0.15, -0.1) is 0 Å². The van der Waals surface area contributed by atoms with Gasteiger partial charge in [-0.05, 0) is 47.4 Å². The van der Waals surface area contributed by atoms with E-state index in [1.807, 2.05) is 60.7 Å². The largest absolute Gasteiger partial charge is 0.489 e. The van der Waals surface area contributed by atoms with Crippen molar-refractivity contribution in [2.24, 2.45) is 4.99 Å². The Bertz CT molecular complexity index is 1030. The van der Waals surface area contributed by atoms with Gasteiger partial charge in [0.2, 0.25) is 0 Å². The van der Waals surface area contributed by atoms with Crippen LogP contribution < -0.4 is 20.7 Å². The standard InChI is InChI=1S/C26H30N4O2/c1-27-25(31)23-11-7-8-20(17-23)14-15-29-26(28-2)30-18-21-9-6-10-22(16-21)19-32-24-12-4-3-5-13-24/h3-13,16-17H,14-15,18-19H2,1-2H3,(H,27,31)(H2,28,29,30). The molecule has 0 aliphatic carbocycles. The van der Waals surface area contributed by atoms with Crippen molar-refractivity contribution in [1.82, 2.24) is 16.0 Å². The average molecular weight is 431 g/mol. The van der Waals surface area contributed by atoms with E-state index in [1.54, 1.807) is 14.1 Å². The molecule has 3 N–H and O–H groups in total. The van der Waals surface area contributed by atoms with Crippen molar-refractivity contribution >= 4 is 11.9 Å². The van der Waals surface area contributed by atoms with E-state index in [4.69, 9.17) is 4.74 Å². The fourth-order valence-corrected chi connectivity index (χ4v) is 3.26. The number of benzene rings is 3. The summed E-state index contributed by atoms with van der Waals surface area (Å²) in [5.74, 6) is 1.52. The number of amides is 1. The molecule has 0 spiro atoms. The zero-order valence-electron chi connectivity index (χ0n) is 18.6. The highest BCUT2D eigenvalue weighted by atomic mass is 16.5. The van der Waals surface area contributed by atoms with E-state index in [2.05, 4.69) is 39.1 Å². The highest BCUT2D eigenvalue weighted by molar-refractivity contribution is 5.94. The molecule has 0 saturated carbocycles. The minimum atomic E-state index is -0.0753. The minimum Gasteiger partial charge on any atom is -0.489 e. The van der Waals surface area contributed by atoms with Crippen LogP contribution in [0.3, 0.4) is 0 Å². The zero-order valence-corrected chi connectivity index (χ0v) is 18.6. The Balaban J connectivity index is 1.46. The van der Waals surface area contributed by atoms with Crippen molar-refractivity contribution in [1.29, 1.82) is 0 Å². The molecule has 0 fully saturated rings. The molecule has 3 aromatic rings. The van der Waals surface area contributed by atoms with Gasteiger partial charge in [0.1, 0.15) is 12.4 Å². The van der Waals surface area contributed by atoms with Crippen LogP contribution in [0, 0.1) is 0 Å². The summed E-state index contributed by atoms with van der Waals surface area (Å²) >= 11 is 0. The summed E-state index contributed by atoms with van der Waals surface area (Å²) in [6, 6.07) is 25.8. The molecule has 0 unspecified atom stereocenters. The Labute approximate surface area is 189 Å². The Morgan fingerprint density at radius 2 is 1.62 bits per heavy atom. The van der Waals surface area contributed by atoms with Crippen molar-refractivity contribution < 1.29 is 9.53 Å². The number of rotatable bonds is 9. The van der Waals surface area contributed by atoms with Gasteiger partial charge in [0.25, 0.3) is 5.91 Å². The highest BCUT2D eigenvalue weighted by Crippen LogP contribution is 2.13. The van der Waals surface area contributed by atoms with Crippen molar-refractivity contribution in [3.8, 4) is 5.75 Å². The summed E-state index contributed by atoms with van der Waals surface area (Å²) in [5.41, 5.74) is 4.04. The molecule has 0 aromatic heterocycles. The van der Waals surface area contributed by atoms with Crippen LogP contribution in [0.25, 0.3) is 0 Å². The van der Waals surface area contributed by atoms with Crippen LogP contribution in [0.4, 0.5) is 0 Å². The number of hydrogen-bond donors (Lipinski definition) is 3. The molecule has 0 aliphatic rings. The quantitative estimate of drug-likeness (QED) is 0.359. The van der Waals surface area contributed by atoms with E-state index in [0.717, 1.165) is 34.8 Å². The molecule has 0 heterocycles. The Morgan fingerprint density at radius 3 is 2.41 bits per heavy atom. The maximum absolute atomic E-state index is 11.8. The number of ether oxygens (including phenoxy) is 1. The van der Waals surface area contributed by atoms with E-state index >= 15 is 0 Å². The van der Waals surface area contributed by atoms with E-state index in [-0.39, 0.29) is 5.91 Å². The lowest BCUT2D eigenvalue weighted by Crippen LogP contribution is -2.37. The molecule has 32 heavy (non-hydrogen) atoms. The molecular weight excluding hydrogens is 400 g/mol. The number of carbonyl (C=O) groups excluding carboxylic acids is 1. The molecule has 0 bridgehead atoms. The molecule has 6 nitrogen and oxygen atoms in total. The first-order chi connectivity index (χ1) is 15.7. The summed E-state index contributed by atoms with van der Waals surface area (Å²) in [5, 5.41) is 9.32. The summed E-state index contributed by atoms with van der Waals surface area (Å²) in [4.78, 5) is 16.1. The molecule has 1 amide bonds. The first-order valence-electron chi connectivity index (χ1n) is 10.7. The Kier molecular flexibility index (Phi) is 8.69. The topological polar surface area (TPSA) is 74.8 Å². The fraction of sp³-hybridized carbons (Fsp3) is 0.231. The molecule has 0 atom stereocenters. The summed E-state index contributed by atoms with van der Waals surface area (Å²) in [7, 11) is 3.39. The number of para-hydroxylation sites is 1. The number of carbonyl (C=O) groups is 1. The van der Waals surface area contributed by atoms with Gasteiger partial charge in [0.05, 0.1) is 0 Å². The molecule has 3 rings (SSSR count). The number of aliphatic imine (C=N–C) groups is 1. The third-order valence-electron chi connectivity index (χ3n) is 4.95. The first kappa shape index (κ1) is 22.9. The zero-order chi connectivity index (χ0) is 22.6. The maximum Gasteiger partial charge on any atom is 0.251 e. The predicted octanol–water partition coefficient (Wildman–Crippen LogP) is 3.53. The first-order valence-corrected chi connectivity index (χ1v) is 10.7. The van der Waals surface area contributed by atoms with Crippen LogP contribution in [0.5, 0.6) is 5.75 Å². The maximum atomic E-state index is 11.8. The summed E-state index contributed by atoms with van der Waals surface area (Å²) in [6.07, 6.45) is 0.790. The normalized spacial score (nSPS) is 11.0. The number of nitrogens with one attached hydrogen (secondary N) is 3. The number of guanidine groups is 1. The van der Waals surface area contributed by atoms with Crippen LogP contribution in [0.2, 0.25) is 0 Å². The SMILES string of the molecule is CN=C(NCCc1cccc(C(=O)NC)c1)NCc1cccc(COc2ccccc2)c1. The van der Waals surface area contributed by atoms with E-state index < -0.39 is 0 Å². The third-order valence-corrected chi connectivity index (χ3v) is 4.95. The lowest BCUT2D eigenvalue weighted by molar-refractivity contribution is 0.0963. The summed E-state index contributed by atoms with van der Waals surface area (Å²) < 4.78 is 5.84. The molecular formula is C26H30N4O2. The summed E-state index contributed by atoms with van der Waals surface area (Å²) in [6.45, 7) is 1.90. The number of nitrogens with zero attached hydrogens (tertiary/aromatic N) is 1. The molecule has 0 radical (unpaired) electrons. The van der Waals surface area contributed by atoms with Crippen molar-refractivity contribution in [2.45, 2.75) is 19.6 Å². The highest BCUT2D eigenvalue weighted by Gasteiger charge is 2.05. The van der Waals surface area contributed by atoms with Gasteiger partial charge in [-0.25, -0.2) is 0 Å². The van der Waals surface area contributed by atoms with Crippen molar-refractivity contribution in [3.63, 3.8) is 0 Å².